The highest BCUT2D eigenvalue weighted by Gasteiger charge is 2.22. The number of hydrogen-bond acceptors (Lipinski definition) is 5. The van der Waals surface area contributed by atoms with E-state index in [4.69, 9.17) is 4.74 Å². The van der Waals surface area contributed by atoms with Gasteiger partial charge < -0.3 is 20.3 Å². The van der Waals surface area contributed by atoms with E-state index in [9.17, 15) is 19.8 Å². The summed E-state index contributed by atoms with van der Waals surface area (Å²) >= 11 is 0. The van der Waals surface area contributed by atoms with Crippen molar-refractivity contribution in [3.8, 4) is 0 Å². The molecule has 0 radical (unpaired) electrons. The van der Waals surface area contributed by atoms with Crippen LogP contribution in [-0.4, -0.2) is 35.2 Å². The second-order valence-electron chi connectivity index (χ2n) is 5.71. The summed E-state index contributed by atoms with van der Waals surface area (Å²) in [5, 5.41) is 22.7. The quantitative estimate of drug-likeness (QED) is 0.669. The lowest BCUT2D eigenvalue weighted by Gasteiger charge is -2.20. The number of aliphatic hydroxyl groups excluding tert-OH is 2. The minimum absolute atomic E-state index is 0.110. The largest absolute Gasteiger partial charge is 0.445 e. The van der Waals surface area contributed by atoms with Gasteiger partial charge in [-0.15, -0.1) is 0 Å². The Kier molecular flexibility index (Phi) is 6.68. The van der Waals surface area contributed by atoms with Crippen LogP contribution in [0.2, 0.25) is 0 Å². The number of amides is 1. The number of aldehydes is 1. The van der Waals surface area contributed by atoms with E-state index in [1.807, 2.05) is 37.3 Å². The van der Waals surface area contributed by atoms with Gasteiger partial charge in [-0.3, -0.25) is 4.79 Å². The van der Waals surface area contributed by atoms with Gasteiger partial charge in [-0.1, -0.05) is 48.0 Å². The van der Waals surface area contributed by atoms with Gasteiger partial charge in [-0.2, -0.15) is 0 Å². The van der Waals surface area contributed by atoms with E-state index in [0.29, 0.717) is 17.4 Å². The molecule has 2 atom stereocenters. The Hall–Kier alpha value is -2.70. The number of benzene rings is 2. The number of rotatable bonds is 7. The highest BCUT2D eigenvalue weighted by molar-refractivity contribution is 5.78. The van der Waals surface area contributed by atoms with E-state index in [1.54, 1.807) is 18.2 Å². The van der Waals surface area contributed by atoms with Crippen LogP contribution in [0.1, 0.15) is 33.2 Å². The van der Waals surface area contributed by atoms with E-state index >= 15 is 0 Å². The SMILES string of the molecule is Cc1ccc(C(O)C(O)CNC(=O)OCc2ccccc2)c(C=O)c1. The lowest BCUT2D eigenvalue weighted by molar-refractivity contribution is 0.0180. The average molecular weight is 343 g/mol. The molecule has 0 saturated heterocycles. The average Bonchev–Trinajstić information content (AvgIpc) is 2.64. The fourth-order valence-corrected chi connectivity index (χ4v) is 2.35. The van der Waals surface area contributed by atoms with Crippen LogP contribution in [-0.2, 0) is 11.3 Å². The Labute approximate surface area is 146 Å². The van der Waals surface area contributed by atoms with E-state index in [-0.39, 0.29) is 13.2 Å². The number of alkyl carbamates (subject to hydrolysis) is 1. The zero-order valence-corrected chi connectivity index (χ0v) is 13.9. The molecule has 2 rings (SSSR count). The van der Waals surface area contributed by atoms with Crippen LogP contribution < -0.4 is 5.32 Å². The molecule has 0 spiro atoms. The van der Waals surface area contributed by atoms with E-state index in [2.05, 4.69) is 5.32 Å². The summed E-state index contributed by atoms with van der Waals surface area (Å²) in [5.41, 5.74) is 2.33. The summed E-state index contributed by atoms with van der Waals surface area (Å²) in [7, 11) is 0. The molecule has 2 unspecified atom stereocenters. The summed E-state index contributed by atoms with van der Waals surface area (Å²) in [6.07, 6.45) is -2.64. The summed E-state index contributed by atoms with van der Waals surface area (Å²) in [6.45, 7) is 1.73. The van der Waals surface area contributed by atoms with Gasteiger partial charge in [0.15, 0.2) is 0 Å². The molecule has 0 heterocycles. The predicted octanol–water partition coefficient (Wildman–Crippen LogP) is 2.13. The molecule has 0 aliphatic carbocycles. The molecular weight excluding hydrogens is 322 g/mol. The number of nitrogens with one attached hydrogen (secondary N) is 1. The van der Waals surface area contributed by atoms with Gasteiger partial charge in [0, 0.05) is 12.1 Å². The van der Waals surface area contributed by atoms with Crippen molar-refractivity contribution >= 4 is 12.4 Å². The van der Waals surface area contributed by atoms with Gasteiger partial charge in [-0.25, -0.2) is 4.79 Å². The summed E-state index contributed by atoms with van der Waals surface area (Å²) in [5.74, 6) is 0. The third-order valence-electron chi connectivity index (χ3n) is 3.72. The van der Waals surface area contributed by atoms with Crippen molar-refractivity contribution in [1.29, 1.82) is 0 Å². The molecule has 0 aromatic heterocycles. The van der Waals surface area contributed by atoms with Crippen molar-refractivity contribution in [1.82, 2.24) is 5.32 Å². The number of carbonyl (C=O) groups excluding carboxylic acids is 2. The molecule has 3 N–H and O–H groups in total. The standard InChI is InChI=1S/C19H21NO5/c1-13-7-8-16(15(9-13)11-21)18(23)17(22)10-20-19(24)25-12-14-5-3-2-4-6-14/h2-9,11,17-18,22-23H,10,12H2,1H3,(H,20,24). The Balaban J connectivity index is 1.85. The fraction of sp³-hybridized carbons (Fsp3) is 0.263. The normalized spacial score (nSPS) is 12.9. The molecule has 25 heavy (non-hydrogen) atoms. The number of ether oxygens (including phenoxy) is 1. The zero-order chi connectivity index (χ0) is 18.2. The van der Waals surface area contributed by atoms with Crippen LogP contribution in [0.15, 0.2) is 48.5 Å². The van der Waals surface area contributed by atoms with Gasteiger partial charge in [-0.05, 0) is 24.1 Å². The van der Waals surface area contributed by atoms with Crippen LogP contribution in [0.3, 0.4) is 0 Å². The number of aryl methyl sites for hydroxylation is 1. The van der Waals surface area contributed by atoms with E-state index in [0.717, 1.165) is 11.1 Å². The number of aliphatic hydroxyl groups is 2. The Morgan fingerprint density at radius 1 is 1.20 bits per heavy atom. The van der Waals surface area contributed by atoms with Crippen molar-refractivity contribution in [2.45, 2.75) is 25.7 Å². The fourth-order valence-electron chi connectivity index (χ4n) is 2.35. The molecule has 0 fully saturated rings. The maximum absolute atomic E-state index is 11.7. The molecule has 0 bridgehead atoms. The molecule has 2 aromatic rings. The van der Waals surface area contributed by atoms with Crippen LogP contribution in [0.5, 0.6) is 0 Å². The third kappa shape index (κ3) is 5.41. The molecule has 6 nitrogen and oxygen atoms in total. The van der Waals surface area contributed by atoms with Gasteiger partial charge in [0.25, 0.3) is 0 Å². The maximum atomic E-state index is 11.7. The van der Waals surface area contributed by atoms with Gasteiger partial charge in [0.1, 0.15) is 25.1 Å². The maximum Gasteiger partial charge on any atom is 0.407 e. The first-order valence-electron chi connectivity index (χ1n) is 7.87. The van der Waals surface area contributed by atoms with Crippen molar-refractivity contribution in [3.63, 3.8) is 0 Å². The van der Waals surface area contributed by atoms with Crippen LogP contribution in [0.4, 0.5) is 4.79 Å². The van der Waals surface area contributed by atoms with E-state index < -0.39 is 18.3 Å². The molecule has 0 saturated carbocycles. The van der Waals surface area contributed by atoms with Crippen molar-refractivity contribution in [2.75, 3.05) is 6.54 Å². The van der Waals surface area contributed by atoms with Crippen LogP contribution in [0.25, 0.3) is 0 Å². The first-order valence-corrected chi connectivity index (χ1v) is 7.87. The van der Waals surface area contributed by atoms with Crippen molar-refractivity contribution in [2.24, 2.45) is 0 Å². The second kappa shape index (κ2) is 8.96. The topological polar surface area (TPSA) is 95.9 Å². The summed E-state index contributed by atoms with van der Waals surface area (Å²) in [6, 6.07) is 14.1. The smallest absolute Gasteiger partial charge is 0.407 e. The molecule has 0 aliphatic rings. The van der Waals surface area contributed by atoms with E-state index in [1.165, 1.54) is 0 Å². The first-order chi connectivity index (χ1) is 12.0. The Morgan fingerprint density at radius 2 is 1.92 bits per heavy atom. The van der Waals surface area contributed by atoms with Gasteiger partial charge in [0.05, 0.1) is 0 Å². The second-order valence-corrected chi connectivity index (χ2v) is 5.71. The van der Waals surface area contributed by atoms with Gasteiger partial charge in [0.2, 0.25) is 0 Å². The number of carbonyl (C=O) groups is 2. The highest BCUT2D eigenvalue weighted by Crippen LogP contribution is 2.21. The Bertz CT molecular complexity index is 717. The zero-order valence-electron chi connectivity index (χ0n) is 13.9. The lowest BCUT2D eigenvalue weighted by atomic mass is 9.97. The van der Waals surface area contributed by atoms with Gasteiger partial charge >= 0.3 is 6.09 Å². The van der Waals surface area contributed by atoms with Crippen LogP contribution >= 0.6 is 0 Å². The Morgan fingerprint density at radius 3 is 2.60 bits per heavy atom. The molecule has 1 amide bonds. The summed E-state index contributed by atoms with van der Waals surface area (Å²) in [4.78, 5) is 22.8. The lowest BCUT2D eigenvalue weighted by Crippen LogP contribution is -2.36. The third-order valence-corrected chi connectivity index (χ3v) is 3.72. The minimum Gasteiger partial charge on any atom is -0.445 e. The molecule has 132 valence electrons. The first kappa shape index (κ1) is 18.6. The highest BCUT2D eigenvalue weighted by atomic mass is 16.5. The molecule has 6 heteroatoms. The number of hydrogen-bond donors (Lipinski definition) is 3. The molecular formula is C19H21NO5. The molecule has 0 aliphatic heterocycles. The summed E-state index contributed by atoms with van der Waals surface area (Å²) < 4.78 is 5.03. The van der Waals surface area contributed by atoms with Crippen molar-refractivity contribution in [3.05, 3.63) is 70.8 Å². The molecule has 2 aromatic carbocycles. The predicted molar refractivity (Wildman–Crippen MR) is 92.2 cm³/mol. The van der Waals surface area contributed by atoms with Crippen LogP contribution in [0, 0.1) is 6.92 Å². The van der Waals surface area contributed by atoms with Crippen molar-refractivity contribution < 1.29 is 24.5 Å². The monoisotopic (exact) mass is 343 g/mol. The minimum atomic E-state index is -1.30.